The van der Waals surface area contributed by atoms with Gasteiger partial charge in [-0.15, -0.1) is 0 Å². The second kappa shape index (κ2) is 10.5. The highest BCUT2D eigenvalue weighted by Gasteiger charge is 2.16. The van der Waals surface area contributed by atoms with Gasteiger partial charge in [-0.25, -0.2) is 0 Å². The number of rotatable bonds is 11. The van der Waals surface area contributed by atoms with Crippen molar-refractivity contribution < 1.29 is 0 Å². The highest BCUT2D eigenvalue weighted by molar-refractivity contribution is 4.80. The Kier molecular flexibility index (Phi) is 10.4. The average Bonchev–Trinajstić information content (AvgIpc) is 2.27. The Morgan fingerprint density at radius 3 is 1.37 bits per heavy atom. The molecule has 5 atom stereocenters. The molecule has 0 bridgehead atoms. The third-order valence-corrected chi connectivity index (χ3v) is 3.48. The van der Waals surface area contributed by atoms with Crippen LogP contribution in [-0.4, -0.2) is 36.8 Å². The monoisotopic (exact) mass is 274 g/mol. The molecule has 0 amide bonds. The lowest BCUT2D eigenvalue weighted by molar-refractivity contribution is 0.397. The first kappa shape index (κ1) is 18.8. The van der Waals surface area contributed by atoms with E-state index in [2.05, 4.69) is 6.92 Å². The molecule has 12 N–H and O–H groups in total. The van der Waals surface area contributed by atoms with E-state index in [-0.39, 0.29) is 30.2 Å². The van der Waals surface area contributed by atoms with Crippen molar-refractivity contribution >= 4 is 0 Å². The molecule has 0 aliphatic rings. The van der Waals surface area contributed by atoms with Crippen LogP contribution < -0.4 is 34.4 Å². The summed E-state index contributed by atoms with van der Waals surface area (Å²) < 4.78 is 0. The second-order valence-corrected chi connectivity index (χ2v) is 5.73. The van der Waals surface area contributed by atoms with Crippen LogP contribution in [0.2, 0.25) is 0 Å². The minimum atomic E-state index is 0.0131. The summed E-state index contributed by atoms with van der Waals surface area (Å²) in [4.78, 5) is 0. The van der Waals surface area contributed by atoms with E-state index in [1.807, 2.05) is 0 Å². The molecule has 0 spiro atoms. The minimum Gasteiger partial charge on any atom is -0.330 e. The predicted octanol–water partition coefficient (Wildman–Crippen LogP) is -1.06. The van der Waals surface area contributed by atoms with Gasteiger partial charge in [-0.2, -0.15) is 0 Å². The van der Waals surface area contributed by atoms with Crippen molar-refractivity contribution in [1.82, 2.24) is 0 Å². The maximum absolute atomic E-state index is 6.08. The van der Waals surface area contributed by atoms with Crippen LogP contribution in [0.3, 0.4) is 0 Å². The Labute approximate surface area is 117 Å². The van der Waals surface area contributed by atoms with Gasteiger partial charge in [-0.3, -0.25) is 0 Å². The Bertz CT molecular complexity index is 213. The van der Waals surface area contributed by atoms with E-state index in [0.29, 0.717) is 6.54 Å². The third-order valence-electron chi connectivity index (χ3n) is 3.48. The lowest BCUT2D eigenvalue weighted by atomic mass is 9.94. The summed E-state index contributed by atoms with van der Waals surface area (Å²) in [5.41, 5.74) is 35.4. The van der Waals surface area contributed by atoms with Gasteiger partial charge in [0.05, 0.1) is 0 Å². The largest absolute Gasteiger partial charge is 0.330 e. The quantitative estimate of drug-likeness (QED) is 0.282. The Balaban J connectivity index is 3.86. The van der Waals surface area contributed by atoms with Crippen molar-refractivity contribution in [2.75, 3.05) is 6.54 Å². The number of nitrogens with two attached hydrogens (primary N) is 6. The second-order valence-electron chi connectivity index (χ2n) is 5.73. The van der Waals surface area contributed by atoms with Gasteiger partial charge in [0, 0.05) is 30.2 Å². The number of hydrogen-bond acceptors (Lipinski definition) is 6. The first-order chi connectivity index (χ1) is 8.88. The predicted molar refractivity (Wildman–Crippen MR) is 82.3 cm³/mol. The van der Waals surface area contributed by atoms with Crippen LogP contribution in [0.4, 0.5) is 0 Å². The van der Waals surface area contributed by atoms with Crippen molar-refractivity contribution in [1.29, 1.82) is 0 Å². The van der Waals surface area contributed by atoms with Crippen molar-refractivity contribution in [3.63, 3.8) is 0 Å². The van der Waals surface area contributed by atoms with Gasteiger partial charge in [-0.1, -0.05) is 6.92 Å². The minimum absolute atomic E-state index is 0.0131. The van der Waals surface area contributed by atoms with Gasteiger partial charge in [0.2, 0.25) is 0 Å². The van der Waals surface area contributed by atoms with E-state index in [0.717, 1.165) is 38.5 Å². The lowest BCUT2D eigenvalue weighted by Gasteiger charge is -2.23. The fourth-order valence-corrected chi connectivity index (χ4v) is 2.34. The van der Waals surface area contributed by atoms with Crippen LogP contribution in [0.15, 0.2) is 0 Å². The first-order valence-corrected chi connectivity index (χ1v) is 7.36. The molecule has 6 nitrogen and oxygen atoms in total. The molecule has 0 saturated heterocycles. The zero-order chi connectivity index (χ0) is 14.8. The molecule has 6 heteroatoms. The summed E-state index contributed by atoms with van der Waals surface area (Å²) in [5.74, 6) is 0. The molecule has 0 aliphatic heterocycles. The van der Waals surface area contributed by atoms with Crippen LogP contribution in [0, 0.1) is 0 Å². The highest BCUT2D eigenvalue weighted by Crippen LogP contribution is 2.09. The lowest BCUT2D eigenvalue weighted by Crippen LogP contribution is -2.41. The van der Waals surface area contributed by atoms with Gasteiger partial charge < -0.3 is 34.4 Å². The summed E-state index contributed by atoms with van der Waals surface area (Å²) in [6.45, 7) is 2.66. The van der Waals surface area contributed by atoms with Crippen LogP contribution in [0.1, 0.15) is 45.4 Å². The third kappa shape index (κ3) is 10.2. The van der Waals surface area contributed by atoms with Crippen molar-refractivity contribution in [3.8, 4) is 0 Å². The first-order valence-electron chi connectivity index (χ1n) is 7.36. The van der Waals surface area contributed by atoms with E-state index in [1.54, 1.807) is 0 Å². The molecule has 5 unspecified atom stereocenters. The van der Waals surface area contributed by atoms with Gasteiger partial charge in [0.1, 0.15) is 0 Å². The fraction of sp³-hybridized carbons (Fsp3) is 1.00. The van der Waals surface area contributed by atoms with Crippen LogP contribution >= 0.6 is 0 Å². The van der Waals surface area contributed by atoms with Crippen LogP contribution in [0.5, 0.6) is 0 Å². The smallest absolute Gasteiger partial charge is 0.00683 e. The molecular formula is C13H34N6. The molecule has 0 fully saturated rings. The molecular weight excluding hydrogens is 240 g/mol. The number of hydrogen-bond donors (Lipinski definition) is 6. The molecule has 0 saturated carbocycles. The molecule has 0 aliphatic carbocycles. The van der Waals surface area contributed by atoms with Crippen LogP contribution in [-0.2, 0) is 0 Å². The topological polar surface area (TPSA) is 156 Å². The van der Waals surface area contributed by atoms with Crippen molar-refractivity contribution in [2.45, 2.75) is 75.7 Å². The summed E-state index contributed by atoms with van der Waals surface area (Å²) in [7, 11) is 0. The average molecular weight is 274 g/mol. The van der Waals surface area contributed by atoms with Crippen molar-refractivity contribution in [3.05, 3.63) is 0 Å². The molecule has 0 radical (unpaired) electrons. The summed E-state index contributed by atoms with van der Waals surface area (Å²) in [5, 5.41) is 0. The molecule has 0 heterocycles. The fourth-order valence-electron chi connectivity index (χ4n) is 2.34. The molecule has 19 heavy (non-hydrogen) atoms. The van der Waals surface area contributed by atoms with E-state index in [1.165, 1.54) is 0 Å². The van der Waals surface area contributed by atoms with E-state index < -0.39 is 0 Å². The van der Waals surface area contributed by atoms with E-state index in [9.17, 15) is 0 Å². The zero-order valence-corrected chi connectivity index (χ0v) is 12.3. The standard InChI is InChI=1S/C13H34N6/c1-2-9(15)5-11(17)7-13(19)8-12(18)6-10(16)3-4-14/h9-13H,2-8,14-19H2,1H3. The van der Waals surface area contributed by atoms with E-state index >= 15 is 0 Å². The van der Waals surface area contributed by atoms with Crippen LogP contribution in [0.25, 0.3) is 0 Å². The Hall–Kier alpha value is -0.240. The highest BCUT2D eigenvalue weighted by atomic mass is 14.8. The molecule has 0 aromatic carbocycles. The molecule has 0 rings (SSSR count). The van der Waals surface area contributed by atoms with Gasteiger partial charge >= 0.3 is 0 Å². The molecule has 116 valence electrons. The van der Waals surface area contributed by atoms with Crippen molar-refractivity contribution in [2.24, 2.45) is 34.4 Å². The Morgan fingerprint density at radius 1 is 0.632 bits per heavy atom. The SMILES string of the molecule is CCC(N)CC(N)CC(N)CC(N)CC(N)CCN. The molecule has 0 aromatic rings. The maximum atomic E-state index is 6.08. The summed E-state index contributed by atoms with van der Waals surface area (Å²) in [6.07, 6.45) is 4.81. The Morgan fingerprint density at radius 2 is 1.00 bits per heavy atom. The summed E-state index contributed by atoms with van der Waals surface area (Å²) >= 11 is 0. The van der Waals surface area contributed by atoms with Gasteiger partial charge in [0.25, 0.3) is 0 Å². The summed E-state index contributed by atoms with van der Waals surface area (Å²) in [6, 6.07) is 0.306. The normalized spacial score (nSPS) is 19.7. The molecule has 0 aromatic heterocycles. The van der Waals surface area contributed by atoms with Gasteiger partial charge in [-0.05, 0) is 45.1 Å². The van der Waals surface area contributed by atoms with Gasteiger partial charge in [0.15, 0.2) is 0 Å². The van der Waals surface area contributed by atoms with E-state index in [4.69, 9.17) is 34.4 Å². The zero-order valence-electron chi connectivity index (χ0n) is 12.3. The maximum Gasteiger partial charge on any atom is 0.00683 e.